The quantitative estimate of drug-likeness (QED) is 0.697. The molecule has 1 saturated heterocycles. The van der Waals surface area contributed by atoms with Gasteiger partial charge in [0.05, 0.1) is 6.10 Å². The van der Waals surface area contributed by atoms with Crippen molar-refractivity contribution in [2.24, 2.45) is 11.8 Å². The molecule has 1 aliphatic carbocycles. The molecule has 5 heteroatoms. The minimum absolute atomic E-state index is 0.152. The van der Waals surface area contributed by atoms with E-state index in [2.05, 4.69) is 29.4 Å². The van der Waals surface area contributed by atoms with Crippen LogP contribution >= 0.6 is 0 Å². The molecule has 0 radical (unpaired) electrons. The molecule has 2 fully saturated rings. The molecular weight excluding hydrogens is 266 g/mol. The number of carbonyl (C=O) groups excluding carboxylic acids is 1. The molecule has 0 aromatic rings. The second kappa shape index (κ2) is 7.99. The fraction of sp³-hybridized carbons (Fsp3) is 0.938. The number of nitrogens with zero attached hydrogens (tertiary/aromatic N) is 1. The lowest BCUT2D eigenvalue weighted by Crippen LogP contribution is -2.49. The van der Waals surface area contributed by atoms with Crippen molar-refractivity contribution in [2.75, 3.05) is 26.2 Å². The van der Waals surface area contributed by atoms with Gasteiger partial charge < -0.3 is 20.6 Å². The predicted molar refractivity (Wildman–Crippen MR) is 84.2 cm³/mol. The van der Waals surface area contributed by atoms with E-state index in [-0.39, 0.29) is 12.1 Å². The lowest BCUT2D eigenvalue weighted by atomic mass is 9.80. The SMILES string of the molecule is CC1CCN(CC(O)CNC(=O)NC(C)C2CCC2)CC1. The van der Waals surface area contributed by atoms with Crippen molar-refractivity contribution in [1.82, 2.24) is 15.5 Å². The van der Waals surface area contributed by atoms with Crippen LogP contribution in [-0.4, -0.2) is 54.4 Å². The predicted octanol–water partition coefficient (Wildman–Crippen LogP) is 1.57. The number of aliphatic hydroxyl groups excluding tert-OH is 1. The molecule has 0 bridgehead atoms. The Morgan fingerprint density at radius 3 is 2.52 bits per heavy atom. The number of piperidine rings is 1. The molecule has 2 atom stereocenters. The van der Waals surface area contributed by atoms with Crippen molar-refractivity contribution < 1.29 is 9.90 Å². The number of hydrogen-bond donors (Lipinski definition) is 3. The van der Waals surface area contributed by atoms with E-state index in [0.717, 1.165) is 19.0 Å². The van der Waals surface area contributed by atoms with Gasteiger partial charge >= 0.3 is 6.03 Å². The van der Waals surface area contributed by atoms with Crippen molar-refractivity contribution in [3.8, 4) is 0 Å². The van der Waals surface area contributed by atoms with E-state index in [4.69, 9.17) is 0 Å². The van der Waals surface area contributed by atoms with E-state index in [1.807, 2.05) is 0 Å². The second-order valence-corrected chi connectivity index (χ2v) is 6.97. The zero-order valence-corrected chi connectivity index (χ0v) is 13.5. The van der Waals surface area contributed by atoms with Crippen LogP contribution in [0.5, 0.6) is 0 Å². The van der Waals surface area contributed by atoms with Crippen LogP contribution < -0.4 is 10.6 Å². The molecule has 2 rings (SSSR count). The number of urea groups is 1. The monoisotopic (exact) mass is 297 g/mol. The molecule has 2 unspecified atom stereocenters. The number of β-amino-alcohol motifs (C(OH)–C–C–N with tert-alkyl or cyclic N) is 1. The minimum atomic E-state index is -0.483. The highest BCUT2D eigenvalue weighted by Crippen LogP contribution is 2.29. The molecule has 1 saturated carbocycles. The number of rotatable bonds is 6. The van der Waals surface area contributed by atoms with Gasteiger partial charge in [0.2, 0.25) is 0 Å². The van der Waals surface area contributed by atoms with E-state index in [9.17, 15) is 9.90 Å². The minimum Gasteiger partial charge on any atom is -0.390 e. The second-order valence-electron chi connectivity index (χ2n) is 6.97. The average molecular weight is 297 g/mol. The van der Waals surface area contributed by atoms with Crippen LogP contribution in [0.2, 0.25) is 0 Å². The first-order valence-corrected chi connectivity index (χ1v) is 8.49. The average Bonchev–Trinajstić information content (AvgIpc) is 2.37. The summed E-state index contributed by atoms with van der Waals surface area (Å²) in [5.41, 5.74) is 0. The number of hydrogen-bond acceptors (Lipinski definition) is 3. The first-order chi connectivity index (χ1) is 10.0. The summed E-state index contributed by atoms with van der Waals surface area (Å²) >= 11 is 0. The zero-order chi connectivity index (χ0) is 15.2. The Kier molecular flexibility index (Phi) is 6.30. The largest absolute Gasteiger partial charge is 0.390 e. The van der Waals surface area contributed by atoms with Crippen molar-refractivity contribution in [1.29, 1.82) is 0 Å². The van der Waals surface area contributed by atoms with Gasteiger partial charge in [-0.3, -0.25) is 0 Å². The van der Waals surface area contributed by atoms with Gasteiger partial charge in [-0.1, -0.05) is 13.3 Å². The summed E-state index contributed by atoms with van der Waals surface area (Å²) in [6.45, 7) is 7.45. The smallest absolute Gasteiger partial charge is 0.315 e. The number of likely N-dealkylation sites (tertiary alicyclic amines) is 1. The Labute approximate surface area is 128 Å². The van der Waals surface area contributed by atoms with E-state index in [0.29, 0.717) is 19.0 Å². The maximum atomic E-state index is 11.8. The van der Waals surface area contributed by atoms with Crippen LogP contribution in [0.3, 0.4) is 0 Å². The van der Waals surface area contributed by atoms with Crippen molar-refractivity contribution >= 4 is 6.03 Å². The van der Waals surface area contributed by atoms with Crippen molar-refractivity contribution in [3.05, 3.63) is 0 Å². The highest BCUT2D eigenvalue weighted by Gasteiger charge is 2.25. The Morgan fingerprint density at radius 1 is 1.29 bits per heavy atom. The van der Waals surface area contributed by atoms with Crippen LogP contribution in [-0.2, 0) is 0 Å². The van der Waals surface area contributed by atoms with E-state index >= 15 is 0 Å². The van der Waals surface area contributed by atoms with Gasteiger partial charge in [-0.05, 0) is 57.5 Å². The van der Waals surface area contributed by atoms with Crippen LogP contribution in [0.25, 0.3) is 0 Å². The number of aliphatic hydroxyl groups is 1. The molecule has 2 aliphatic rings. The van der Waals surface area contributed by atoms with Gasteiger partial charge in [0.1, 0.15) is 0 Å². The molecule has 3 N–H and O–H groups in total. The molecule has 1 aliphatic heterocycles. The maximum absolute atomic E-state index is 11.8. The van der Waals surface area contributed by atoms with Crippen LogP contribution in [0.15, 0.2) is 0 Å². The highest BCUT2D eigenvalue weighted by atomic mass is 16.3. The van der Waals surface area contributed by atoms with E-state index in [1.54, 1.807) is 0 Å². The topological polar surface area (TPSA) is 64.6 Å². The summed E-state index contributed by atoms with van der Waals surface area (Å²) in [6.07, 6.45) is 5.66. The first-order valence-electron chi connectivity index (χ1n) is 8.49. The standard InChI is InChI=1S/C16H31N3O2/c1-12-6-8-19(9-7-12)11-15(20)10-17-16(21)18-13(2)14-4-3-5-14/h12-15,20H,3-11H2,1-2H3,(H2,17,18,21). The third-order valence-corrected chi connectivity index (χ3v) is 5.06. The number of nitrogens with one attached hydrogen (secondary N) is 2. The fourth-order valence-electron chi connectivity index (χ4n) is 3.13. The van der Waals surface area contributed by atoms with E-state index in [1.165, 1.54) is 32.1 Å². The number of carbonyl (C=O) groups is 1. The third-order valence-electron chi connectivity index (χ3n) is 5.06. The van der Waals surface area contributed by atoms with Crippen LogP contribution in [0.1, 0.15) is 46.0 Å². The van der Waals surface area contributed by atoms with Crippen molar-refractivity contribution in [2.45, 2.75) is 58.1 Å². The summed E-state index contributed by atoms with van der Waals surface area (Å²) in [6, 6.07) is 0.0835. The van der Waals surface area contributed by atoms with Gasteiger partial charge in [-0.2, -0.15) is 0 Å². The van der Waals surface area contributed by atoms with Gasteiger partial charge in [0.25, 0.3) is 0 Å². The normalized spacial score (nSPS) is 24.1. The third kappa shape index (κ3) is 5.47. The molecule has 122 valence electrons. The van der Waals surface area contributed by atoms with Crippen LogP contribution in [0.4, 0.5) is 4.79 Å². The van der Waals surface area contributed by atoms with Gasteiger partial charge in [-0.25, -0.2) is 4.79 Å². The Hall–Kier alpha value is -0.810. The summed E-state index contributed by atoms with van der Waals surface area (Å²) in [5, 5.41) is 15.8. The lowest BCUT2D eigenvalue weighted by molar-refractivity contribution is 0.0917. The molecule has 1 heterocycles. The van der Waals surface area contributed by atoms with Crippen molar-refractivity contribution in [3.63, 3.8) is 0 Å². The number of amides is 2. The summed E-state index contributed by atoms with van der Waals surface area (Å²) in [5.74, 6) is 1.44. The summed E-state index contributed by atoms with van der Waals surface area (Å²) < 4.78 is 0. The Balaban J connectivity index is 1.57. The first kappa shape index (κ1) is 16.6. The Morgan fingerprint density at radius 2 is 1.95 bits per heavy atom. The molecule has 0 spiro atoms. The lowest BCUT2D eigenvalue weighted by Gasteiger charge is -2.32. The molecule has 2 amide bonds. The molecular formula is C16H31N3O2. The Bertz CT molecular complexity index is 325. The molecule has 21 heavy (non-hydrogen) atoms. The molecule has 0 aromatic heterocycles. The van der Waals surface area contributed by atoms with Crippen LogP contribution in [0, 0.1) is 11.8 Å². The van der Waals surface area contributed by atoms with Gasteiger partial charge in [0, 0.05) is 19.1 Å². The maximum Gasteiger partial charge on any atom is 0.315 e. The molecule has 5 nitrogen and oxygen atoms in total. The molecule has 0 aromatic carbocycles. The van der Waals surface area contributed by atoms with Gasteiger partial charge in [-0.15, -0.1) is 0 Å². The summed E-state index contributed by atoms with van der Waals surface area (Å²) in [4.78, 5) is 14.1. The van der Waals surface area contributed by atoms with E-state index < -0.39 is 6.10 Å². The zero-order valence-electron chi connectivity index (χ0n) is 13.5. The fourth-order valence-corrected chi connectivity index (χ4v) is 3.13. The van der Waals surface area contributed by atoms with Gasteiger partial charge in [0.15, 0.2) is 0 Å². The highest BCUT2D eigenvalue weighted by molar-refractivity contribution is 5.74. The summed E-state index contributed by atoms with van der Waals surface area (Å²) in [7, 11) is 0.